The molecule has 1 saturated heterocycles. The van der Waals surface area contributed by atoms with Gasteiger partial charge in [-0.2, -0.15) is 4.98 Å². The number of carbonyl (C=O) groups is 1. The summed E-state index contributed by atoms with van der Waals surface area (Å²) in [6.07, 6.45) is 3.10. The van der Waals surface area contributed by atoms with Crippen molar-refractivity contribution in [3.05, 3.63) is 28.7 Å². The average molecular weight is 341 g/mol. The first-order valence-electron chi connectivity index (χ1n) is 7.52. The molecule has 1 N–H and O–H groups in total. The summed E-state index contributed by atoms with van der Waals surface area (Å²) in [4.78, 5) is 16.0. The van der Waals surface area contributed by atoms with Gasteiger partial charge in [0.25, 0.3) is 5.89 Å². The van der Waals surface area contributed by atoms with Gasteiger partial charge in [-0.05, 0) is 12.8 Å². The molecule has 0 unspecified atom stereocenters. The fourth-order valence-electron chi connectivity index (χ4n) is 2.32. The Kier molecular flexibility index (Phi) is 5.24. The molecule has 1 aliphatic rings. The lowest BCUT2D eigenvalue weighted by atomic mass is 10.2. The minimum absolute atomic E-state index is 0.0830. The number of aryl methyl sites for hydroxylation is 1. The summed E-state index contributed by atoms with van der Waals surface area (Å²) in [5.74, 6) is 1.59. The molecule has 1 fully saturated rings. The highest BCUT2D eigenvalue weighted by Crippen LogP contribution is 2.26. The Morgan fingerprint density at radius 2 is 2.26 bits per heavy atom. The number of ether oxygens (including phenoxy) is 1. The molecule has 0 bridgehead atoms. The third kappa shape index (κ3) is 4.52. The van der Waals surface area contributed by atoms with E-state index in [-0.39, 0.29) is 12.0 Å². The minimum atomic E-state index is -0.0837. The van der Waals surface area contributed by atoms with Crippen LogP contribution in [0.1, 0.15) is 42.8 Å². The van der Waals surface area contributed by atoms with Crippen LogP contribution in [-0.2, 0) is 22.4 Å². The van der Waals surface area contributed by atoms with Crippen molar-refractivity contribution in [3.8, 4) is 0 Å². The Labute approximate surface area is 137 Å². The van der Waals surface area contributed by atoms with Gasteiger partial charge in [-0.25, -0.2) is 0 Å². The smallest absolute Gasteiger partial charge is 0.255 e. The van der Waals surface area contributed by atoms with Crippen molar-refractivity contribution in [2.24, 2.45) is 0 Å². The van der Waals surface area contributed by atoms with Crippen LogP contribution in [0.3, 0.4) is 0 Å². The van der Waals surface area contributed by atoms with E-state index in [1.807, 2.05) is 0 Å². The van der Waals surface area contributed by atoms with E-state index in [0.717, 1.165) is 19.4 Å². The average Bonchev–Trinajstić information content (AvgIpc) is 3.26. The Hall–Kier alpha value is -1.93. The molecule has 1 aliphatic heterocycles. The highest BCUT2D eigenvalue weighted by molar-refractivity contribution is 6.29. The van der Waals surface area contributed by atoms with Crippen LogP contribution in [0.15, 0.2) is 15.1 Å². The molecule has 3 heterocycles. The first kappa shape index (κ1) is 15.9. The largest absolute Gasteiger partial charge is 0.368 e. The van der Waals surface area contributed by atoms with Crippen LogP contribution in [-0.4, -0.2) is 34.4 Å². The number of nitrogens with one attached hydrogen (secondary N) is 1. The van der Waals surface area contributed by atoms with Crippen molar-refractivity contribution in [2.45, 2.75) is 38.2 Å². The van der Waals surface area contributed by atoms with Crippen molar-refractivity contribution in [3.63, 3.8) is 0 Å². The summed E-state index contributed by atoms with van der Waals surface area (Å²) in [5.41, 5.74) is 0. The predicted octanol–water partition coefficient (Wildman–Crippen LogP) is 1.85. The summed E-state index contributed by atoms with van der Waals surface area (Å²) in [6, 6.07) is 1.60. The van der Waals surface area contributed by atoms with Crippen molar-refractivity contribution in [2.75, 3.05) is 13.2 Å². The topological polar surface area (TPSA) is 103 Å². The van der Waals surface area contributed by atoms with Gasteiger partial charge < -0.3 is 19.1 Å². The number of nitrogens with zero attached hydrogens (tertiary/aromatic N) is 3. The standard InChI is InChI=1S/C14H17ClN4O4/c15-11-8-9(22-18-11)3-4-13(20)16-6-5-12-17-14(23-19-12)10-2-1-7-21-10/h8,10H,1-7H2,(H,16,20)/t10-/m1/s1. The van der Waals surface area contributed by atoms with Gasteiger partial charge in [0, 0.05) is 38.5 Å². The fourth-order valence-corrected chi connectivity index (χ4v) is 2.47. The Morgan fingerprint density at radius 3 is 3.00 bits per heavy atom. The van der Waals surface area contributed by atoms with Crippen LogP contribution in [0.25, 0.3) is 0 Å². The molecule has 0 aliphatic carbocycles. The van der Waals surface area contributed by atoms with Gasteiger partial charge in [0.1, 0.15) is 11.9 Å². The lowest BCUT2D eigenvalue weighted by molar-refractivity contribution is -0.121. The van der Waals surface area contributed by atoms with Gasteiger partial charge in [-0.15, -0.1) is 0 Å². The van der Waals surface area contributed by atoms with Crippen LogP contribution in [0.4, 0.5) is 0 Å². The summed E-state index contributed by atoms with van der Waals surface area (Å²) < 4.78 is 15.6. The summed E-state index contributed by atoms with van der Waals surface area (Å²) in [7, 11) is 0. The molecule has 3 rings (SSSR count). The van der Waals surface area contributed by atoms with E-state index < -0.39 is 0 Å². The summed E-state index contributed by atoms with van der Waals surface area (Å²) in [6.45, 7) is 1.18. The van der Waals surface area contributed by atoms with E-state index >= 15 is 0 Å². The number of amides is 1. The van der Waals surface area contributed by atoms with E-state index in [2.05, 4.69) is 20.6 Å². The quantitative estimate of drug-likeness (QED) is 0.820. The molecule has 1 atom stereocenters. The van der Waals surface area contributed by atoms with E-state index in [0.29, 0.717) is 48.4 Å². The molecule has 0 radical (unpaired) electrons. The number of aromatic nitrogens is 3. The lowest BCUT2D eigenvalue weighted by Crippen LogP contribution is -2.26. The second kappa shape index (κ2) is 7.56. The number of rotatable bonds is 7. The monoisotopic (exact) mass is 340 g/mol. The molecular formula is C14H17ClN4O4. The Morgan fingerprint density at radius 1 is 1.35 bits per heavy atom. The molecule has 0 spiro atoms. The zero-order valence-electron chi connectivity index (χ0n) is 12.5. The molecule has 2 aromatic rings. The van der Waals surface area contributed by atoms with Gasteiger partial charge in [0.05, 0.1) is 0 Å². The molecule has 0 aromatic carbocycles. The maximum absolute atomic E-state index is 11.7. The minimum Gasteiger partial charge on any atom is -0.368 e. The van der Waals surface area contributed by atoms with Crippen LogP contribution in [0, 0.1) is 0 Å². The maximum atomic E-state index is 11.7. The van der Waals surface area contributed by atoms with Gasteiger partial charge in [0.15, 0.2) is 11.0 Å². The molecule has 1 amide bonds. The van der Waals surface area contributed by atoms with Crippen LogP contribution in [0.5, 0.6) is 0 Å². The third-order valence-corrected chi connectivity index (χ3v) is 3.67. The Bertz CT molecular complexity index is 651. The molecule has 124 valence electrons. The fraction of sp³-hybridized carbons (Fsp3) is 0.571. The van der Waals surface area contributed by atoms with Crippen molar-refractivity contribution >= 4 is 17.5 Å². The van der Waals surface area contributed by atoms with Gasteiger partial charge >= 0.3 is 0 Å². The molecule has 2 aromatic heterocycles. The van der Waals surface area contributed by atoms with Crippen molar-refractivity contribution in [1.29, 1.82) is 0 Å². The summed E-state index contributed by atoms with van der Waals surface area (Å²) >= 11 is 5.64. The number of hydrogen-bond donors (Lipinski definition) is 1. The third-order valence-electron chi connectivity index (χ3n) is 3.49. The van der Waals surface area contributed by atoms with E-state index in [1.54, 1.807) is 6.07 Å². The number of carbonyl (C=O) groups excluding carboxylic acids is 1. The zero-order valence-corrected chi connectivity index (χ0v) is 13.2. The molecular weight excluding hydrogens is 324 g/mol. The molecule has 23 heavy (non-hydrogen) atoms. The van der Waals surface area contributed by atoms with Crippen molar-refractivity contribution in [1.82, 2.24) is 20.6 Å². The second-order valence-corrected chi connectivity index (χ2v) is 5.65. The van der Waals surface area contributed by atoms with Gasteiger partial charge in [0.2, 0.25) is 5.91 Å². The predicted molar refractivity (Wildman–Crippen MR) is 78.8 cm³/mol. The zero-order chi connectivity index (χ0) is 16.1. The Balaban J connectivity index is 1.36. The van der Waals surface area contributed by atoms with Crippen LogP contribution >= 0.6 is 11.6 Å². The first-order valence-corrected chi connectivity index (χ1v) is 7.90. The maximum Gasteiger partial charge on any atom is 0.255 e. The van der Waals surface area contributed by atoms with Crippen molar-refractivity contribution < 1.29 is 18.6 Å². The second-order valence-electron chi connectivity index (χ2n) is 5.27. The number of halogens is 1. The highest BCUT2D eigenvalue weighted by atomic mass is 35.5. The highest BCUT2D eigenvalue weighted by Gasteiger charge is 2.23. The SMILES string of the molecule is O=C(CCc1cc(Cl)no1)NCCc1noc([C@H]2CCCO2)n1. The number of hydrogen-bond acceptors (Lipinski definition) is 7. The van der Waals surface area contributed by atoms with E-state index in [1.165, 1.54) is 0 Å². The van der Waals surface area contributed by atoms with Crippen LogP contribution in [0.2, 0.25) is 5.15 Å². The molecule has 9 heteroatoms. The lowest BCUT2D eigenvalue weighted by Gasteiger charge is -2.02. The summed E-state index contributed by atoms with van der Waals surface area (Å²) in [5, 5.41) is 10.5. The van der Waals surface area contributed by atoms with Gasteiger partial charge in [-0.3, -0.25) is 4.79 Å². The van der Waals surface area contributed by atoms with Crippen LogP contribution < -0.4 is 5.32 Å². The molecule has 8 nitrogen and oxygen atoms in total. The van der Waals surface area contributed by atoms with Gasteiger partial charge in [-0.1, -0.05) is 21.9 Å². The van der Waals surface area contributed by atoms with E-state index in [9.17, 15) is 4.79 Å². The first-order chi connectivity index (χ1) is 11.2. The van der Waals surface area contributed by atoms with E-state index in [4.69, 9.17) is 25.4 Å². The normalized spacial score (nSPS) is 17.5. The molecule has 0 saturated carbocycles.